The van der Waals surface area contributed by atoms with Crippen LogP contribution in [-0.2, 0) is 23.7 Å². The topological polar surface area (TPSA) is 39.1 Å². The Labute approximate surface area is 111 Å². The van der Waals surface area contributed by atoms with Gasteiger partial charge >= 0.3 is 0 Å². The highest BCUT2D eigenvalue weighted by atomic mass is 16.5. The van der Waals surface area contributed by atoms with Gasteiger partial charge in [-0.1, -0.05) is 20.8 Å². The molecule has 0 atom stereocenters. The Balaban J connectivity index is 2.79. The van der Waals surface area contributed by atoms with Crippen LogP contribution in [0.3, 0.4) is 0 Å². The minimum absolute atomic E-state index is 0.0280. The van der Waals surface area contributed by atoms with Gasteiger partial charge in [0.25, 0.3) is 0 Å². The van der Waals surface area contributed by atoms with Gasteiger partial charge in [0.2, 0.25) is 0 Å². The zero-order valence-electron chi connectivity index (χ0n) is 12.8. The molecule has 0 aliphatic rings. The molecule has 0 spiro atoms. The fourth-order valence-electron chi connectivity index (χ4n) is 2.04. The molecule has 0 aliphatic carbocycles. The molecular weight excluding hydrogens is 226 g/mol. The maximum Gasteiger partial charge on any atom is 0.0722 e. The van der Waals surface area contributed by atoms with Gasteiger partial charge in [-0.15, -0.1) is 0 Å². The first-order valence-corrected chi connectivity index (χ1v) is 6.43. The zero-order chi connectivity index (χ0) is 14.0. The smallest absolute Gasteiger partial charge is 0.0722 e. The monoisotopic (exact) mass is 253 g/mol. The number of nitrogens with one attached hydrogen (secondary N) is 1. The molecular formula is C14H27N3O. The summed E-state index contributed by atoms with van der Waals surface area (Å²) in [6.07, 6.45) is 2.09. The van der Waals surface area contributed by atoms with Crippen LogP contribution in [0.2, 0.25) is 0 Å². The van der Waals surface area contributed by atoms with Gasteiger partial charge in [-0.05, 0) is 13.8 Å². The standard InChI is InChI=1S/C14H27N3O/c1-13(2,3)12-11(9-17(6)16-12)8-15-14(4,5)10-18-7/h9,15H,8,10H2,1-7H3. The van der Waals surface area contributed by atoms with Crippen molar-refractivity contribution in [3.63, 3.8) is 0 Å². The van der Waals surface area contributed by atoms with Gasteiger partial charge in [0, 0.05) is 43.4 Å². The molecule has 1 aromatic rings. The second kappa shape index (κ2) is 5.41. The SMILES string of the molecule is COCC(C)(C)NCc1cn(C)nc1C(C)(C)C. The van der Waals surface area contributed by atoms with E-state index in [0.29, 0.717) is 6.61 Å². The molecule has 0 unspecified atom stereocenters. The minimum atomic E-state index is -0.0280. The molecule has 0 saturated carbocycles. The van der Waals surface area contributed by atoms with Crippen LogP contribution in [0.5, 0.6) is 0 Å². The van der Waals surface area contributed by atoms with E-state index in [4.69, 9.17) is 4.74 Å². The van der Waals surface area contributed by atoms with Crippen LogP contribution >= 0.6 is 0 Å². The van der Waals surface area contributed by atoms with E-state index in [1.807, 2.05) is 11.7 Å². The van der Waals surface area contributed by atoms with Crippen LogP contribution < -0.4 is 5.32 Å². The highest BCUT2D eigenvalue weighted by molar-refractivity contribution is 5.24. The van der Waals surface area contributed by atoms with Crippen molar-refractivity contribution in [1.29, 1.82) is 0 Å². The van der Waals surface area contributed by atoms with Crippen molar-refractivity contribution in [2.24, 2.45) is 7.05 Å². The van der Waals surface area contributed by atoms with Crippen molar-refractivity contribution in [1.82, 2.24) is 15.1 Å². The summed E-state index contributed by atoms with van der Waals surface area (Å²) in [5.41, 5.74) is 2.46. The van der Waals surface area contributed by atoms with Crippen molar-refractivity contribution in [2.75, 3.05) is 13.7 Å². The van der Waals surface area contributed by atoms with Gasteiger partial charge in [0.15, 0.2) is 0 Å². The van der Waals surface area contributed by atoms with E-state index >= 15 is 0 Å². The molecule has 4 nitrogen and oxygen atoms in total. The third-order valence-corrected chi connectivity index (χ3v) is 2.88. The first kappa shape index (κ1) is 15.2. The van der Waals surface area contributed by atoms with Crippen LogP contribution in [0, 0.1) is 0 Å². The Hall–Kier alpha value is -0.870. The molecule has 4 heteroatoms. The summed E-state index contributed by atoms with van der Waals surface area (Å²) in [6.45, 7) is 12.4. The summed E-state index contributed by atoms with van der Waals surface area (Å²) in [4.78, 5) is 0. The van der Waals surface area contributed by atoms with Crippen molar-refractivity contribution in [2.45, 2.75) is 52.1 Å². The number of hydrogen-bond donors (Lipinski definition) is 1. The Bertz CT molecular complexity index is 388. The van der Waals surface area contributed by atoms with Crippen LogP contribution in [0.4, 0.5) is 0 Å². The third kappa shape index (κ3) is 4.10. The summed E-state index contributed by atoms with van der Waals surface area (Å²) in [7, 11) is 3.70. The summed E-state index contributed by atoms with van der Waals surface area (Å²) >= 11 is 0. The lowest BCUT2D eigenvalue weighted by Crippen LogP contribution is -2.43. The lowest BCUT2D eigenvalue weighted by Gasteiger charge is -2.26. The average Bonchev–Trinajstić information content (AvgIpc) is 2.56. The largest absolute Gasteiger partial charge is 0.383 e. The molecule has 0 fully saturated rings. The van der Waals surface area contributed by atoms with Crippen LogP contribution in [0.25, 0.3) is 0 Å². The molecule has 18 heavy (non-hydrogen) atoms. The van der Waals surface area contributed by atoms with Crippen LogP contribution in [0.1, 0.15) is 45.9 Å². The van der Waals surface area contributed by atoms with Crippen molar-refractivity contribution >= 4 is 0 Å². The number of aromatic nitrogens is 2. The van der Waals surface area contributed by atoms with Crippen LogP contribution in [-0.4, -0.2) is 29.0 Å². The second-order valence-electron chi connectivity index (χ2n) is 6.60. The van der Waals surface area contributed by atoms with Crippen LogP contribution in [0.15, 0.2) is 6.20 Å². The minimum Gasteiger partial charge on any atom is -0.383 e. The lowest BCUT2D eigenvalue weighted by atomic mass is 9.89. The normalized spacial score (nSPS) is 13.1. The maximum absolute atomic E-state index is 5.21. The fraction of sp³-hybridized carbons (Fsp3) is 0.786. The molecule has 0 aromatic carbocycles. The molecule has 1 N–H and O–H groups in total. The van der Waals surface area contributed by atoms with E-state index in [1.54, 1.807) is 7.11 Å². The number of ether oxygens (including phenoxy) is 1. The highest BCUT2D eigenvalue weighted by Crippen LogP contribution is 2.24. The van der Waals surface area contributed by atoms with E-state index in [-0.39, 0.29) is 11.0 Å². The van der Waals surface area contributed by atoms with Gasteiger partial charge < -0.3 is 10.1 Å². The molecule has 0 aliphatic heterocycles. The van der Waals surface area contributed by atoms with E-state index in [9.17, 15) is 0 Å². The van der Waals surface area contributed by atoms with E-state index in [0.717, 1.165) is 12.2 Å². The van der Waals surface area contributed by atoms with Crippen molar-refractivity contribution in [3.05, 3.63) is 17.5 Å². The Kier molecular flexibility index (Phi) is 4.56. The number of aryl methyl sites for hydroxylation is 1. The molecule has 104 valence electrons. The summed E-state index contributed by atoms with van der Waals surface area (Å²) in [5.74, 6) is 0. The predicted molar refractivity (Wildman–Crippen MR) is 74.7 cm³/mol. The Morgan fingerprint density at radius 2 is 1.89 bits per heavy atom. The Morgan fingerprint density at radius 3 is 2.39 bits per heavy atom. The number of rotatable bonds is 5. The molecule has 0 saturated heterocycles. The first-order chi connectivity index (χ1) is 8.15. The summed E-state index contributed by atoms with van der Waals surface area (Å²) in [6, 6.07) is 0. The number of nitrogens with zero attached hydrogens (tertiary/aromatic N) is 2. The first-order valence-electron chi connectivity index (χ1n) is 6.43. The van der Waals surface area contributed by atoms with Gasteiger partial charge in [0.05, 0.1) is 12.3 Å². The van der Waals surface area contributed by atoms with Gasteiger partial charge in [-0.25, -0.2) is 0 Å². The van der Waals surface area contributed by atoms with Gasteiger partial charge in [-0.3, -0.25) is 4.68 Å². The third-order valence-electron chi connectivity index (χ3n) is 2.88. The second-order valence-corrected chi connectivity index (χ2v) is 6.60. The quantitative estimate of drug-likeness (QED) is 0.874. The van der Waals surface area contributed by atoms with Crippen molar-refractivity contribution < 1.29 is 4.74 Å². The average molecular weight is 253 g/mol. The van der Waals surface area contributed by atoms with E-state index in [1.165, 1.54) is 5.56 Å². The molecule has 1 rings (SSSR count). The molecule has 0 radical (unpaired) electrons. The lowest BCUT2D eigenvalue weighted by molar-refractivity contribution is 0.127. The van der Waals surface area contributed by atoms with Gasteiger partial charge in [-0.2, -0.15) is 5.10 Å². The van der Waals surface area contributed by atoms with Crippen molar-refractivity contribution in [3.8, 4) is 0 Å². The maximum atomic E-state index is 5.21. The zero-order valence-corrected chi connectivity index (χ0v) is 12.8. The van der Waals surface area contributed by atoms with E-state index < -0.39 is 0 Å². The number of methoxy groups -OCH3 is 1. The molecule has 1 aromatic heterocycles. The number of hydrogen-bond acceptors (Lipinski definition) is 3. The predicted octanol–water partition coefficient (Wildman–Crippen LogP) is 2.23. The molecule has 0 bridgehead atoms. The highest BCUT2D eigenvalue weighted by Gasteiger charge is 2.23. The molecule has 0 amide bonds. The summed E-state index contributed by atoms with van der Waals surface area (Å²) in [5, 5.41) is 8.10. The van der Waals surface area contributed by atoms with Gasteiger partial charge in [0.1, 0.15) is 0 Å². The van der Waals surface area contributed by atoms with E-state index in [2.05, 4.69) is 51.2 Å². The molecule has 1 heterocycles. The summed E-state index contributed by atoms with van der Waals surface area (Å²) < 4.78 is 7.10. The Morgan fingerprint density at radius 1 is 1.28 bits per heavy atom. The fourth-order valence-corrected chi connectivity index (χ4v) is 2.04.